The number of benzene rings is 2. The zero-order valence-electron chi connectivity index (χ0n) is 12.8. The number of carbonyl (C=O) groups excluding carboxylic acids is 1. The van der Waals surface area contributed by atoms with Crippen molar-refractivity contribution in [3.63, 3.8) is 0 Å². The van der Waals surface area contributed by atoms with Gasteiger partial charge in [0.15, 0.2) is 6.10 Å². The van der Waals surface area contributed by atoms with Gasteiger partial charge in [-0.2, -0.15) is 0 Å². The number of hydrogen-bond acceptors (Lipinski definition) is 5. The van der Waals surface area contributed by atoms with Crippen LogP contribution in [0.25, 0.3) is 5.69 Å². The van der Waals surface area contributed by atoms with Gasteiger partial charge in [-0.25, -0.2) is 4.68 Å². The molecular formula is C16H14ClN5O2. The fourth-order valence-corrected chi connectivity index (χ4v) is 2.15. The van der Waals surface area contributed by atoms with Gasteiger partial charge >= 0.3 is 0 Å². The molecule has 0 aliphatic heterocycles. The van der Waals surface area contributed by atoms with E-state index in [-0.39, 0.29) is 5.91 Å². The Morgan fingerprint density at radius 2 is 2.04 bits per heavy atom. The lowest BCUT2D eigenvalue weighted by Crippen LogP contribution is -2.30. The molecular weight excluding hydrogens is 330 g/mol. The van der Waals surface area contributed by atoms with Crippen LogP contribution in [0.3, 0.4) is 0 Å². The van der Waals surface area contributed by atoms with Gasteiger partial charge in [0.1, 0.15) is 12.1 Å². The van der Waals surface area contributed by atoms with Crippen LogP contribution in [0.2, 0.25) is 5.02 Å². The number of amides is 1. The van der Waals surface area contributed by atoms with E-state index in [2.05, 4.69) is 20.8 Å². The average molecular weight is 344 g/mol. The van der Waals surface area contributed by atoms with Gasteiger partial charge in [-0.15, -0.1) is 5.10 Å². The smallest absolute Gasteiger partial charge is 0.265 e. The van der Waals surface area contributed by atoms with Crippen molar-refractivity contribution >= 4 is 23.2 Å². The molecule has 7 nitrogen and oxygen atoms in total. The highest BCUT2D eigenvalue weighted by Gasteiger charge is 2.15. The standard InChI is InChI=1S/C16H14ClN5O2/c1-11(24-15-7-5-12(17)6-8-15)16(23)19-13-3-2-4-14(9-13)22-10-18-20-21-22/h2-11H,1H3,(H,19,23)/t11-/m1/s1. The molecule has 122 valence electrons. The number of carbonyl (C=O) groups is 1. The van der Waals surface area contributed by atoms with Crippen LogP contribution in [0.5, 0.6) is 5.75 Å². The number of rotatable bonds is 5. The summed E-state index contributed by atoms with van der Waals surface area (Å²) < 4.78 is 7.10. The monoisotopic (exact) mass is 343 g/mol. The molecule has 2 aromatic carbocycles. The summed E-state index contributed by atoms with van der Waals surface area (Å²) >= 11 is 5.82. The summed E-state index contributed by atoms with van der Waals surface area (Å²) in [6, 6.07) is 14.0. The molecule has 0 aliphatic rings. The molecule has 3 aromatic rings. The number of aromatic nitrogens is 4. The Morgan fingerprint density at radius 1 is 1.25 bits per heavy atom. The van der Waals surface area contributed by atoms with Gasteiger partial charge in [0.25, 0.3) is 5.91 Å². The highest BCUT2D eigenvalue weighted by Crippen LogP contribution is 2.18. The van der Waals surface area contributed by atoms with Crippen molar-refractivity contribution in [2.24, 2.45) is 0 Å². The van der Waals surface area contributed by atoms with Gasteiger partial charge in [-0.1, -0.05) is 17.7 Å². The largest absolute Gasteiger partial charge is 0.481 e. The average Bonchev–Trinajstić information content (AvgIpc) is 3.12. The van der Waals surface area contributed by atoms with Crippen LogP contribution in [-0.2, 0) is 4.79 Å². The minimum absolute atomic E-state index is 0.265. The van der Waals surface area contributed by atoms with Gasteiger partial charge in [-0.05, 0) is 59.8 Å². The number of nitrogens with zero attached hydrogens (tertiary/aromatic N) is 4. The number of nitrogens with one attached hydrogen (secondary N) is 1. The first-order valence-electron chi connectivity index (χ1n) is 7.18. The summed E-state index contributed by atoms with van der Waals surface area (Å²) in [5, 5.41) is 14.4. The summed E-state index contributed by atoms with van der Waals surface area (Å²) in [5.41, 5.74) is 1.36. The lowest BCUT2D eigenvalue weighted by molar-refractivity contribution is -0.122. The Labute approximate surface area is 143 Å². The molecule has 1 amide bonds. The van der Waals surface area contributed by atoms with E-state index in [1.807, 2.05) is 6.07 Å². The Morgan fingerprint density at radius 3 is 2.75 bits per heavy atom. The third-order valence-electron chi connectivity index (χ3n) is 3.22. The van der Waals surface area contributed by atoms with Crippen molar-refractivity contribution in [1.29, 1.82) is 0 Å². The van der Waals surface area contributed by atoms with Gasteiger partial charge in [-0.3, -0.25) is 4.79 Å². The van der Waals surface area contributed by atoms with E-state index in [9.17, 15) is 4.79 Å². The van der Waals surface area contributed by atoms with Gasteiger partial charge in [0.2, 0.25) is 0 Å². The highest BCUT2D eigenvalue weighted by molar-refractivity contribution is 6.30. The maximum atomic E-state index is 12.3. The number of ether oxygens (including phenoxy) is 1. The minimum atomic E-state index is -0.664. The maximum absolute atomic E-state index is 12.3. The zero-order chi connectivity index (χ0) is 16.9. The Kier molecular flexibility index (Phi) is 4.72. The second kappa shape index (κ2) is 7.10. The first-order chi connectivity index (χ1) is 11.6. The molecule has 0 saturated heterocycles. The molecule has 0 radical (unpaired) electrons. The van der Waals surface area contributed by atoms with Crippen molar-refractivity contribution in [2.75, 3.05) is 5.32 Å². The fraction of sp³-hybridized carbons (Fsp3) is 0.125. The molecule has 0 aliphatic carbocycles. The van der Waals surface area contributed by atoms with Crippen molar-refractivity contribution in [3.05, 3.63) is 59.9 Å². The second-order valence-corrected chi connectivity index (χ2v) is 5.44. The van der Waals surface area contributed by atoms with Crippen LogP contribution in [0.4, 0.5) is 5.69 Å². The highest BCUT2D eigenvalue weighted by atomic mass is 35.5. The summed E-state index contributed by atoms with van der Waals surface area (Å²) in [5.74, 6) is 0.309. The molecule has 1 atom stereocenters. The molecule has 0 fully saturated rings. The Bertz CT molecular complexity index is 821. The molecule has 8 heteroatoms. The summed E-state index contributed by atoms with van der Waals surface area (Å²) in [7, 11) is 0. The second-order valence-electron chi connectivity index (χ2n) is 5.01. The van der Waals surface area contributed by atoms with E-state index in [0.717, 1.165) is 5.69 Å². The van der Waals surface area contributed by atoms with E-state index in [0.29, 0.717) is 16.5 Å². The SMILES string of the molecule is C[C@@H](Oc1ccc(Cl)cc1)C(=O)Nc1cccc(-n2cnnn2)c1. The summed E-state index contributed by atoms with van der Waals surface area (Å²) in [4.78, 5) is 12.3. The predicted molar refractivity (Wildman–Crippen MR) is 89.3 cm³/mol. The van der Waals surface area contributed by atoms with Crippen LogP contribution in [0, 0.1) is 0 Å². The number of anilines is 1. The summed E-state index contributed by atoms with van der Waals surface area (Å²) in [6.45, 7) is 1.68. The van der Waals surface area contributed by atoms with Crippen LogP contribution in [0.15, 0.2) is 54.9 Å². The Hall–Kier alpha value is -2.93. The fourth-order valence-electron chi connectivity index (χ4n) is 2.02. The van der Waals surface area contributed by atoms with Crippen LogP contribution < -0.4 is 10.1 Å². The van der Waals surface area contributed by atoms with Crippen LogP contribution in [0.1, 0.15) is 6.92 Å². The molecule has 0 spiro atoms. The Balaban J connectivity index is 1.66. The van der Waals surface area contributed by atoms with Crippen LogP contribution >= 0.6 is 11.6 Å². The molecule has 24 heavy (non-hydrogen) atoms. The van der Waals surface area contributed by atoms with E-state index < -0.39 is 6.10 Å². The lowest BCUT2D eigenvalue weighted by atomic mass is 10.2. The molecule has 0 bridgehead atoms. The number of tetrazole rings is 1. The molecule has 3 rings (SSSR count). The van der Waals surface area contributed by atoms with Crippen molar-refractivity contribution in [2.45, 2.75) is 13.0 Å². The first kappa shape index (κ1) is 15.9. The molecule has 1 aromatic heterocycles. The third kappa shape index (κ3) is 3.88. The van der Waals surface area contributed by atoms with E-state index in [1.165, 1.54) is 11.0 Å². The molecule has 0 unspecified atom stereocenters. The topological polar surface area (TPSA) is 81.9 Å². The van der Waals surface area contributed by atoms with Gasteiger partial charge < -0.3 is 10.1 Å². The maximum Gasteiger partial charge on any atom is 0.265 e. The summed E-state index contributed by atoms with van der Waals surface area (Å²) in [6.07, 6.45) is 0.815. The van der Waals surface area contributed by atoms with E-state index >= 15 is 0 Å². The van der Waals surface area contributed by atoms with Crippen molar-refractivity contribution in [3.8, 4) is 11.4 Å². The van der Waals surface area contributed by atoms with Crippen molar-refractivity contribution < 1.29 is 9.53 Å². The quantitative estimate of drug-likeness (QED) is 0.770. The molecule has 1 N–H and O–H groups in total. The van der Waals surface area contributed by atoms with E-state index in [1.54, 1.807) is 49.4 Å². The third-order valence-corrected chi connectivity index (χ3v) is 3.47. The first-order valence-corrected chi connectivity index (χ1v) is 7.56. The van der Waals surface area contributed by atoms with Gasteiger partial charge in [0, 0.05) is 10.7 Å². The van der Waals surface area contributed by atoms with Gasteiger partial charge in [0.05, 0.1) is 5.69 Å². The molecule has 1 heterocycles. The normalized spacial score (nSPS) is 11.8. The molecule has 0 saturated carbocycles. The minimum Gasteiger partial charge on any atom is -0.481 e. The number of hydrogen-bond donors (Lipinski definition) is 1. The number of halogens is 1. The predicted octanol–water partition coefficient (Wildman–Crippen LogP) is 2.72. The van der Waals surface area contributed by atoms with Crippen molar-refractivity contribution in [1.82, 2.24) is 20.2 Å². The lowest BCUT2D eigenvalue weighted by Gasteiger charge is -2.15. The van der Waals surface area contributed by atoms with Crippen LogP contribution in [-0.4, -0.2) is 32.2 Å². The zero-order valence-corrected chi connectivity index (χ0v) is 13.5. The van der Waals surface area contributed by atoms with E-state index in [4.69, 9.17) is 16.3 Å².